The van der Waals surface area contributed by atoms with Crippen LogP contribution < -0.4 is 0 Å². The normalized spacial score (nSPS) is 11.3. The zero-order chi connectivity index (χ0) is 11.9. The molecule has 0 radical (unpaired) electrons. The van der Waals surface area contributed by atoms with Crippen molar-refractivity contribution in [1.29, 1.82) is 0 Å². The van der Waals surface area contributed by atoms with Crippen molar-refractivity contribution in [1.82, 2.24) is 24.8 Å². The summed E-state index contributed by atoms with van der Waals surface area (Å²) in [5.41, 5.74) is 4.06. The number of aromatic amines is 1. The molecule has 4 heterocycles. The summed E-state index contributed by atoms with van der Waals surface area (Å²) >= 11 is 0. The molecular weight excluding hydrogens is 226 g/mol. The van der Waals surface area contributed by atoms with Crippen LogP contribution in [-0.2, 0) is 0 Å². The molecule has 0 unspecified atom stereocenters. The third kappa shape index (κ3) is 1.18. The number of nitrogens with zero attached hydrogens (tertiary/aromatic N) is 4. The number of aromatic nitrogens is 5. The number of hydrogen-bond donors (Lipinski definition) is 1. The highest BCUT2D eigenvalue weighted by Crippen LogP contribution is 2.29. The van der Waals surface area contributed by atoms with Crippen LogP contribution in [0.15, 0.2) is 49.1 Å². The first-order chi connectivity index (χ1) is 8.93. The van der Waals surface area contributed by atoms with Crippen molar-refractivity contribution in [3.05, 3.63) is 49.1 Å². The monoisotopic (exact) mass is 235 g/mol. The van der Waals surface area contributed by atoms with E-state index in [4.69, 9.17) is 0 Å². The van der Waals surface area contributed by atoms with Crippen molar-refractivity contribution >= 4 is 16.6 Å². The molecule has 5 nitrogen and oxygen atoms in total. The quantitative estimate of drug-likeness (QED) is 0.550. The Hall–Kier alpha value is -2.69. The third-order valence-electron chi connectivity index (χ3n) is 3.05. The van der Waals surface area contributed by atoms with Gasteiger partial charge in [0.15, 0.2) is 0 Å². The molecule has 0 aliphatic heterocycles. The van der Waals surface area contributed by atoms with Crippen LogP contribution in [-0.4, -0.2) is 24.8 Å². The Bertz CT molecular complexity index is 842. The molecule has 0 atom stereocenters. The maximum absolute atomic E-state index is 4.29. The van der Waals surface area contributed by atoms with E-state index >= 15 is 0 Å². The predicted octanol–water partition coefficient (Wildman–Crippen LogP) is 2.27. The Kier molecular flexibility index (Phi) is 1.77. The van der Waals surface area contributed by atoms with Crippen molar-refractivity contribution < 1.29 is 0 Å². The van der Waals surface area contributed by atoms with Crippen molar-refractivity contribution in [2.75, 3.05) is 0 Å². The zero-order valence-electron chi connectivity index (χ0n) is 9.41. The molecule has 0 fully saturated rings. The van der Waals surface area contributed by atoms with Crippen LogP contribution in [0, 0.1) is 0 Å². The average Bonchev–Trinajstić information content (AvgIpc) is 3.05. The predicted molar refractivity (Wildman–Crippen MR) is 68.1 cm³/mol. The van der Waals surface area contributed by atoms with Crippen LogP contribution in [0.1, 0.15) is 0 Å². The summed E-state index contributed by atoms with van der Waals surface area (Å²) < 4.78 is 1.63. The molecule has 0 aromatic carbocycles. The molecule has 0 amide bonds. The minimum atomic E-state index is 0.885. The van der Waals surface area contributed by atoms with E-state index in [0.717, 1.165) is 27.7 Å². The van der Waals surface area contributed by atoms with Gasteiger partial charge in [-0.05, 0) is 29.8 Å². The van der Waals surface area contributed by atoms with E-state index in [-0.39, 0.29) is 0 Å². The average molecular weight is 235 g/mol. The standard InChI is InChI=1S/C13H9N5/c1-2-12-11(8-17-18(12)16-5-1)9-3-6-14-13-10(9)4-7-15-13/h1-8H,(H,14,15). The summed E-state index contributed by atoms with van der Waals surface area (Å²) in [5, 5.41) is 9.53. The van der Waals surface area contributed by atoms with E-state index in [1.807, 2.05) is 36.7 Å². The summed E-state index contributed by atoms with van der Waals surface area (Å²) in [6, 6.07) is 7.95. The maximum atomic E-state index is 4.29. The Labute approximate surface area is 102 Å². The highest BCUT2D eigenvalue weighted by molar-refractivity contribution is 5.97. The fraction of sp³-hybridized carbons (Fsp3) is 0. The van der Waals surface area contributed by atoms with Gasteiger partial charge in [-0.1, -0.05) is 0 Å². The molecule has 0 bridgehead atoms. The van der Waals surface area contributed by atoms with Crippen LogP contribution >= 0.6 is 0 Å². The fourth-order valence-electron chi connectivity index (χ4n) is 2.24. The first-order valence-corrected chi connectivity index (χ1v) is 5.65. The first kappa shape index (κ1) is 9.35. The molecule has 0 saturated carbocycles. The second-order valence-electron chi connectivity index (χ2n) is 4.06. The number of rotatable bonds is 1. The summed E-state index contributed by atoms with van der Waals surface area (Å²) in [6.07, 6.45) is 7.26. The van der Waals surface area contributed by atoms with Gasteiger partial charge in [-0.2, -0.15) is 14.8 Å². The molecule has 5 heteroatoms. The van der Waals surface area contributed by atoms with Crippen molar-refractivity contribution in [3.8, 4) is 11.1 Å². The van der Waals surface area contributed by atoms with Crippen LogP contribution in [0.25, 0.3) is 27.7 Å². The lowest BCUT2D eigenvalue weighted by atomic mass is 10.1. The summed E-state index contributed by atoms with van der Waals surface area (Å²) in [7, 11) is 0. The number of hydrogen-bond acceptors (Lipinski definition) is 3. The topological polar surface area (TPSA) is 58.9 Å². The molecule has 0 aliphatic rings. The van der Waals surface area contributed by atoms with Crippen molar-refractivity contribution in [2.45, 2.75) is 0 Å². The molecular formula is C13H9N5. The Balaban J connectivity index is 2.10. The van der Waals surface area contributed by atoms with Gasteiger partial charge in [0.1, 0.15) is 5.65 Å². The van der Waals surface area contributed by atoms with E-state index in [2.05, 4.69) is 20.2 Å². The lowest BCUT2D eigenvalue weighted by molar-refractivity contribution is 0.800. The van der Waals surface area contributed by atoms with Crippen molar-refractivity contribution in [2.24, 2.45) is 0 Å². The lowest BCUT2D eigenvalue weighted by Gasteiger charge is -2.00. The SMILES string of the molecule is c1cnn2ncc(-c3ccnc4[nH]ccc34)c2c1. The van der Waals surface area contributed by atoms with E-state index in [1.165, 1.54) is 0 Å². The van der Waals surface area contributed by atoms with Gasteiger partial charge in [0.2, 0.25) is 0 Å². The second-order valence-corrected chi connectivity index (χ2v) is 4.06. The molecule has 1 N–H and O–H groups in total. The van der Waals surface area contributed by atoms with E-state index < -0.39 is 0 Å². The molecule has 4 aromatic heterocycles. The number of fused-ring (bicyclic) bond motifs is 2. The van der Waals surface area contributed by atoms with Gasteiger partial charge in [-0.15, -0.1) is 0 Å². The summed E-state index contributed by atoms with van der Waals surface area (Å²) in [4.78, 5) is 7.41. The number of nitrogens with one attached hydrogen (secondary N) is 1. The van der Waals surface area contributed by atoms with E-state index in [0.29, 0.717) is 0 Å². The van der Waals surface area contributed by atoms with Crippen molar-refractivity contribution in [3.63, 3.8) is 0 Å². The van der Waals surface area contributed by atoms with Crippen LogP contribution in [0.5, 0.6) is 0 Å². The molecule has 86 valence electrons. The zero-order valence-corrected chi connectivity index (χ0v) is 9.41. The van der Waals surface area contributed by atoms with Crippen LogP contribution in [0.2, 0.25) is 0 Å². The second kappa shape index (κ2) is 3.40. The minimum Gasteiger partial charge on any atom is -0.346 e. The largest absolute Gasteiger partial charge is 0.346 e. The third-order valence-corrected chi connectivity index (χ3v) is 3.05. The fourth-order valence-corrected chi connectivity index (χ4v) is 2.24. The minimum absolute atomic E-state index is 0.885. The first-order valence-electron chi connectivity index (χ1n) is 5.65. The molecule has 18 heavy (non-hydrogen) atoms. The highest BCUT2D eigenvalue weighted by atomic mass is 15.4. The van der Waals surface area contributed by atoms with Gasteiger partial charge in [0, 0.05) is 29.5 Å². The Morgan fingerprint density at radius 2 is 2.00 bits per heavy atom. The van der Waals surface area contributed by atoms with Gasteiger partial charge < -0.3 is 4.98 Å². The van der Waals surface area contributed by atoms with Crippen LogP contribution in [0.3, 0.4) is 0 Å². The van der Waals surface area contributed by atoms with Gasteiger partial charge in [-0.25, -0.2) is 4.98 Å². The lowest BCUT2D eigenvalue weighted by Crippen LogP contribution is -1.90. The van der Waals surface area contributed by atoms with Gasteiger partial charge in [0.25, 0.3) is 0 Å². The maximum Gasteiger partial charge on any atom is 0.137 e. The molecule has 4 rings (SSSR count). The molecule has 4 aromatic rings. The van der Waals surface area contributed by atoms with Gasteiger partial charge >= 0.3 is 0 Å². The van der Waals surface area contributed by atoms with E-state index in [9.17, 15) is 0 Å². The number of H-pyrrole nitrogens is 1. The molecule has 0 spiro atoms. The van der Waals surface area contributed by atoms with E-state index in [1.54, 1.807) is 17.0 Å². The van der Waals surface area contributed by atoms with Crippen LogP contribution in [0.4, 0.5) is 0 Å². The van der Waals surface area contributed by atoms with Gasteiger partial charge in [0.05, 0.1) is 11.7 Å². The number of pyridine rings is 1. The molecule has 0 aliphatic carbocycles. The smallest absolute Gasteiger partial charge is 0.137 e. The van der Waals surface area contributed by atoms with Gasteiger partial charge in [-0.3, -0.25) is 0 Å². The Morgan fingerprint density at radius 3 is 3.00 bits per heavy atom. The Morgan fingerprint density at radius 1 is 1.00 bits per heavy atom. The summed E-state index contributed by atoms with van der Waals surface area (Å²) in [5.74, 6) is 0. The highest BCUT2D eigenvalue weighted by Gasteiger charge is 2.10. The molecule has 0 saturated heterocycles. The summed E-state index contributed by atoms with van der Waals surface area (Å²) in [6.45, 7) is 0.